The Hall–Kier alpha value is -1.36. The van der Waals surface area contributed by atoms with Crippen LogP contribution in [0.3, 0.4) is 0 Å². The van der Waals surface area contributed by atoms with Crippen molar-refractivity contribution in [2.75, 3.05) is 14.2 Å². The fourth-order valence-corrected chi connectivity index (χ4v) is 8.72. The normalized spacial score (nSPS) is 13.1. The maximum atomic E-state index is 12.0. The Kier molecular flexibility index (Phi) is 7.86. The Morgan fingerprint density at radius 1 is 0.588 bits per heavy atom. The van der Waals surface area contributed by atoms with Crippen LogP contribution in [-0.4, -0.2) is 66.1 Å². The van der Waals surface area contributed by atoms with Gasteiger partial charge in [-0.05, 0) is 44.0 Å². The molecule has 0 saturated heterocycles. The fraction of sp³-hybridized carbons (Fsp3) is 0.143. The largest absolute Gasteiger partial charge is 0.495 e. The van der Waals surface area contributed by atoms with Gasteiger partial charge < -0.3 is 9.47 Å². The first-order chi connectivity index (χ1) is 15.2. The van der Waals surface area contributed by atoms with Crippen LogP contribution in [0, 0.1) is 0 Å². The van der Waals surface area contributed by atoms with Crippen molar-refractivity contribution >= 4 is 72.3 Å². The number of methoxy groups -OCH3 is 2. The molecule has 0 radical (unpaired) electrons. The van der Waals surface area contributed by atoms with Gasteiger partial charge in [0.2, 0.25) is 0 Å². The summed E-state index contributed by atoms with van der Waals surface area (Å²) in [6, 6.07) is 1.06. The van der Waals surface area contributed by atoms with Crippen molar-refractivity contribution in [3.63, 3.8) is 0 Å². The third kappa shape index (κ3) is 5.39. The van der Waals surface area contributed by atoms with Crippen molar-refractivity contribution in [1.82, 2.24) is 0 Å². The van der Waals surface area contributed by atoms with Gasteiger partial charge in [-0.15, -0.1) is 0 Å². The van der Waals surface area contributed by atoms with Gasteiger partial charge in [0.1, 0.15) is 21.3 Å². The molecule has 2 rings (SSSR count). The van der Waals surface area contributed by atoms with E-state index in [0.29, 0.717) is 12.1 Å². The smallest absolute Gasteiger partial charge is 0.299 e. The summed E-state index contributed by atoms with van der Waals surface area (Å²) < 4.78 is 142. The quantitative estimate of drug-likeness (QED) is 0.304. The monoisotopic (exact) mass is 690 g/mol. The number of benzene rings is 2. The Morgan fingerprint density at radius 2 is 0.853 bits per heavy atom. The van der Waals surface area contributed by atoms with Crippen LogP contribution >= 0.6 is 31.9 Å². The third-order valence-corrected chi connectivity index (χ3v) is 10.3. The summed E-state index contributed by atoms with van der Waals surface area (Å²) in [5.41, 5.74) is -1.52. The summed E-state index contributed by atoms with van der Waals surface area (Å²) in [4.78, 5) is -4.87. The molecule has 0 heterocycles. The molecule has 34 heavy (non-hydrogen) atoms. The standard InChI is InChI=1S/C14H12Br2O14S4/c1-29-11-5(3-7(31(17,18)19)9(15)13(11)33(23,24)25)6-4-8(32(20,21)22)10(16)14(12(6)30-2)34(26,27)28/h3-4H,1-2H3,(H,17,18,19)(H,20,21,22)(H,23,24,25)(H,26,27,28). The molecule has 0 spiro atoms. The summed E-state index contributed by atoms with van der Waals surface area (Å²) >= 11 is 5.24. The van der Waals surface area contributed by atoms with Crippen LogP contribution in [0.1, 0.15) is 0 Å². The van der Waals surface area contributed by atoms with Crippen LogP contribution in [0.5, 0.6) is 11.5 Å². The molecule has 2 aromatic rings. The van der Waals surface area contributed by atoms with Gasteiger partial charge in [-0.2, -0.15) is 33.7 Å². The van der Waals surface area contributed by atoms with Gasteiger partial charge in [0, 0.05) is 11.1 Å². The van der Waals surface area contributed by atoms with Crippen LogP contribution in [0.2, 0.25) is 0 Å². The zero-order chi connectivity index (χ0) is 26.6. The maximum absolute atomic E-state index is 12.0. The molecular weight excluding hydrogens is 680 g/mol. The summed E-state index contributed by atoms with van der Waals surface area (Å²) in [5.74, 6) is -1.74. The van der Waals surface area contributed by atoms with Gasteiger partial charge in [0.15, 0.2) is 9.79 Å². The molecular formula is C14H12Br2O14S4. The predicted octanol–water partition coefficient (Wildman–Crippen LogP) is 1.88. The molecule has 0 fully saturated rings. The second-order valence-corrected chi connectivity index (χ2v) is 13.2. The Balaban J connectivity index is 3.42. The first kappa shape index (κ1) is 28.9. The van der Waals surface area contributed by atoms with Crippen molar-refractivity contribution in [3.05, 3.63) is 21.1 Å². The van der Waals surface area contributed by atoms with Gasteiger partial charge in [-0.1, -0.05) is 0 Å². The lowest BCUT2D eigenvalue weighted by Gasteiger charge is -2.20. The molecule has 0 atom stereocenters. The highest BCUT2D eigenvalue weighted by molar-refractivity contribution is 9.10. The molecule has 0 bridgehead atoms. The van der Waals surface area contributed by atoms with E-state index >= 15 is 0 Å². The summed E-state index contributed by atoms with van der Waals surface area (Å²) in [7, 11) is -19.4. The molecule has 4 N–H and O–H groups in total. The molecule has 14 nitrogen and oxygen atoms in total. The molecule has 0 saturated carbocycles. The molecule has 0 aliphatic carbocycles. The summed E-state index contributed by atoms with van der Waals surface area (Å²) in [5, 5.41) is 0. The number of hydrogen-bond acceptors (Lipinski definition) is 10. The lowest BCUT2D eigenvalue weighted by Crippen LogP contribution is -2.12. The van der Waals surface area contributed by atoms with Gasteiger partial charge in [0.05, 0.1) is 23.2 Å². The minimum absolute atomic E-state index is 0.528. The molecule has 190 valence electrons. The highest BCUT2D eigenvalue weighted by Gasteiger charge is 2.35. The number of hydrogen-bond donors (Lipinski definition) is 4. The van der Waals surface area contributed by atoms with E-state index in [4.69, 9.17) is 9.47 Å². The van der Waals surface area contributed by atoms with Gasteiger partial charge in [-0.25, -0.2) is 0 Å². The number of halogens is 2. The van der Waals surface area contributed by atoms with E-state index in [2.05, 4.69) is 31.9 Å². The average molecular weight is 692 g/mol. The molecule has 0 aromatic heterocycles. The predicted molar refractivity (Wildman–Crippen MR) is 120 cm³/mol. The maximum Gasteiger partial charge on any atom is 0.299 e. The van der Waals surface area contributed by atoms with E-state index in [0.717, 1.165) is 14.2 Å². The lowest BCUT2D eigenvalue weighted by atomic mass is 10.0. The van der Waals surface area contributed by atoms with E-state index in [1.807, 2.05) is 0 Å². The highest BCUT2D eigenvalue weighted by atomic mass is 79.9. The highest BCUT2D eigenvalue weighted by Crippen LogP contribution is 2.50. The summed E-state index contributed by atoms with van der Waals surface area (Å²) in [6.07, 6.45) is 0. The van der Waals surface area contributed by atoms with Crippen LogP contribution in [0.25, 0.3) is 11.1 Å². The molecule has 0 aliphatic heterocycles. The van der Waals surface area contributed by atoms with Crippen molar-refractivity contribution in [3.8, 4) is 22.6 Å². The lowest BCUT2D eigenvalue weighted by molar-refractivity contribution is 0.390. The zero-order valence-electron chi connectivity index (χ0n) is 16.4. The molecule has 20 heteroatoms. The third-order valence-electron chi connectivity index (χ3n) is 4.05. The van der Waals surface area contributed by atoms with Crippen molar-refractivity contribution < 1.29 is 61.4 Å². The molecule has 0 unspecified atom stereocenters. The first-order valence-corrected chi connectivity index (χ1v) is 15.2. The van der Waals surface area contributed by atoms with E-state index in [-0.39, 0.29) is 0 Å². The molecule has 0 amide bonds. The van der Waals surface area contributed by atoms with Crippen LogP contribution in [-0.2, 0) is 40.5 Å². The van der Waals surface area contributed by atoms with Gasteiger partial charge >= 0.3 is 0 Å². The number of rotatable bonds is 7. The van der Waals surface area contributed by atoms with Crippen LogP contribution in [0.15, 0.2) is 40.7 Å². The van der Waals surface area contributed by atoms with E-state index < -0.39 is 91.6 Å². The van der Waals surface area contributed by atoms with Crippen LogP contribution in [0.4, 0.5) is 0 Å². The Bertz CT molecular complexity index is 1500. The van der Waals surface area contributed by atoms with Crippen molar-refractivity contribution in [1.29, 1.82) is 0 Å². The second-order valence-electron chi connectivity index (χ2n) is 6.10. The SMILES string of the molecule is COc1c(-c2cc(S(=O)(=O)O)c(Br)c(S(=O)(=O)O)c2OC)cc(S(=O)(=O)O)c(Br)c1S(=O)(=O)O. The molecule has 2 aromatic carbocycles. The van der Waals surface area contributed by atoms with Crippen LogP contribution < -0.4 is 9.47 Å². The molecule has 0 aliphatic rings. The van der Waals surface area contributed by atoms with Crippen molar-refractivity contribution in [2.24, 2.45) is 0 Å². The topological polar surface area (TPSA) is 236 Å². The van der Waals surface area contributed by atoms with E-state index in [9.17, 15) is 51.9 Å². The van der Waals surface area contributed by atoms with E-state index in [1.54, 1.807) is 0 Å². The Labute approximate surface area is 210 Å². The second kappa shape index (κ2) is 9.26. The number of ether oxygens (including phenoxy) is 2. The summed E-state index contributed by atoms with van der Waals surface area (Å²) in [6.45, 7) is 0. The fourth-order valence-electron chi connectivity index (χ4n) is 2.83. The minimum atomic E-state index is -5.33. The van der Waals surface area contributed by atoms with Crippen molar-refractivity contribution in [2.45, 2.75) is 19.6 Å². The Morgan fingerprint density at radius 3 is 1.03 bits per heavy atom. The van der Waals surface area contributed by atoms with E-state index in [1.165, 1.54) is 0 Å². The average Bonchev–Trinajstić information content (AvgIpc) is 2.62. The minimum Gasteiger partial charge on any atom is -0.495 e. The van der Waals surface area contributed by atoms with Gasteiger partial charge in [0.25, 0.3) is 40.5 Å². The van der Waals surface area contributed by atoms with Gasteiger partial charge in [-0.3, -0.25) is 18.2 Å². The zero-order valence-corrected chi connectivity index (χ0v) is 22.9. The first-order valence-electron chi connectivity index (χ1n) is 7.89.